The van der Waals surface area contributed by atoms with Gasteiger partial charge in [-0.3, -0.25) is 48.2 Å². The zero-order valence-electron chi connectivity index (χ0n) is 29.7. The molecule has 0 aromatic carbocycles. The smallest absolute Gasteiger partial charge is 0.283 e. The van der Waals surface area contributed by atoms with Crippen molar-refractivity contribution >= 4 is 23.6 Å². The molecule has 0 spiro atoms. The first kappa shape index (κ1) is 41.6. The summed E-state index contributed by atoms with van der Waals surface area (Å²) >= 11 is 0. The van der Waals surface area contributed by atoms with Crippen LogP contribution >= 0.6 is 0 Å². The first-order chi connectivity index (χ1) is 26.8. The lowest BCUT2D eigenvalue weighted by molar-refractivity contribution is 0.0861. The molecule has 4 amide bonds. The molecular formula is C34H40N10O12. The average Bonchev–Trinajstić information content (AvgIpc) is 3.17. The summed E-state index contributed by atoms with van der Waals surface area (Å²) in [5.74, 6) is -2.96. The highest BCUT2D eigenvalue weighted by Gasteiger charge is 2.18. The van der Waals surface area contributed by atoms with Gasteiger partial charge in [0.1, 0.15) is 22.8 Å². The van der Waals surface area contributed by atoms with E-state index in [1.165, 1.54) is 48.5 Å². The average molecular weight is 781 g/mol. The Hall–Kier alpha value is -7.20. The fourth-order valence-corrected chi connectivity index (χ4v) is 5.24. The number of aromatic nitrogens is 4. The molecule has 0 aliphatic carbocycles. The van der Waals surface area contributed by atoms with E-state index in [4.69, 9.17) is 0 Å². The molecule has 298 valence electrons. The Labute approximate surface area is 315 Å². The third-order valence-corrected chi connectivity index (χ3v) is 8.24. The van der Waals surface area contributed by atoms with Crippen LogP contribution in [0, 0.1) is 0 Å². The fourth-order valence-electron chi connectivity index (χ4n) is 5.24. The van der Waals surface area contributed by atoms with Crippen LogP contribution in [0.15, 0.2) is 92.0 Å². The van der Waals surface area contributed by atoms with Crippen LogP contribution in [-0.2, 0) is 0 Å². The van der Waals surface area contributed by atoms with E-state index in [0.29, 0.717) is 0 Å². The van der Waals surface area contributed by atoms with Crippen molar-refractivity contribution in [2.24, 2.45) is 0 Å². The summed E-state index contributed by atoms with van der Waals surface area (Å²) in [6, 6.07) is 14.5. The Bertz CT molecular complexity index is 1970. The summed E-state index contributed by atoms with van der Waals surface area (Å²) in [7, 11) is 0. The number of nitrogens with zero attached hydrogens (tertiary/aromatic N) is 6. The van der Waals surface area contributed by atoms with Crippen molar-refractivity contribution in [3.63, 3.8) is 0 Å². The molecular weight excluding hydrogens is 740 g/mol. The summed E-state index contributed by atoms with van der Waals surface area (Å²) in [6.07, 6.45) is 0. The van der Waals surface area contributed by atoms with Crippen LogP contribution < -0.4 is 43.5 Å². The number of pyridine rings is 4. The van der Waals surface area contributed by atoms with Gasteiger partial charge in [-0.1, -0.05) is 24.3 Å². The molecule has 22 nitrogen and oxygen atoms in total. The lowest BCUT2D eigenvalue weighted by Gasteiger charge is -2.28. The zero-order chi connectivity index (χ0) is 40.8. The van der Waals surface area contributed by atoms with Crippen LogP contribution in [0.25, 0.3) is 0 Å². The van der Waals surface area contributed by atoms with Crippen molar-refractivity contribution in [1.82, 2.24) is 50.0 Å². The minimum Gasteiger partial charge on any atom is -0.425 e. The van der Waals surface area contributed by atoms with Crippen molar-refractivity contribution in [2.75, 3.05) is 65.4 Å². The predicted octanol–water partition coefficient (Wildman–Crippen LogP) is -3.09. The third-order valence-electron chi connectivity index (χ3n) is 8.24. The van der Waals surface area contributed by atoms with Gasteiger partial charge in [0.25, 0.3) is 45.9 Å². The van der Waals surface area contributed by atoms with Crippen molar-refractivity contribution in [1.29, 1.82) is 0 Å². The third kappa shape index (κ3) is 11.2. The second-order valence-corrected chi connectivity index (χ2v) is 12.0. The molecule has 22 heteroatoms. The summed E-state index contributed by atoms with van der Waals surface area (Å²) in [4.78, 5) is 102. The van der Waals surface area contributed by atoms with E-state index in [-0.39, 0.29) is 107 Å². The number of carbonyl (C=O) groups excluding carboxylic acids is 4. The van der Waals surface area contributed by atoms with Crippen molar-refractivity contribution in [3.05, 3.63) is 137 Å². The van der Waals surface area contributed by atoms with Crippen molar-refractivity contribution < 1.29 is 40.0 Å². The van der Waals surface area contributed by atoms with Crippen molar-refractivity contribution in [2.45, 2.75) is 0 Å². The van der Waals surface area contributed by atoms with E-state index in [1.54, 1.807) is 0 Å². The van der Waals surface area contributed by atoms with E-state index < -0.39 is 45.9 Å². The normalized spacial score (nSPS) is 11.0. The van der Waals surface area contributed by atoms with Gasteiger partial charge < -0.3 is 42.1 Å². The summed E-state index contributed by atoms with van der Waals surface area (Å²) in [5.41, 5.74) is -4.43. The minimum atomic E-state index is -0.807. The Morgan fingerprint density at radius 1 is 0.393 bits per heavy atom. The Morgan fingerprint density at radius 3 is 0.821 bits per heavy atom. The highest BCUT2D eigenvalue weighted by atomic mass is 16.5. The monoisotopic (exact) mass is 780 g/mol. The first-order valence-electron chi connectivity index (χ1n) is 17.0. The minimum absolute atomic E-state index is 0.0106. The molecule has 4 heterocycles. The molecule has 4 aromatic rings. The van der Waals surface area contributed by atoms with Crippen LogP contribution in [0.3, 0.4) is 0 Å². The molecule has 0 aliphatic rings. The van der Waals surface area contributed by atoms with Crippen LogP contribution in [0.2, 0.25) is 0 Å². The van der Waals surface area contributed by atoms with Gasteiger partial charge in [-0.25, -0.2) is 0 Å². The fraction of sp³-hybridized carbons (Fsp3) is 0.294. The van der Waals surface area contributed by atoms with E-state index in [2.05, 4.69) is 21.3 Å². The van der Waals surface area contributed by atoms with Gasteiger partial charge in [0, 0.05) is 89.7 Å². The maximum Gasteiger partial charge on any atom is 0.283 e. The molecule has 0 aliphatic heterocycles. The second kappa shape index (κ2) is 19.8. The molecule has 0 unspecified atom stereocenters. The maximum atomic E-state index is 12.7. The molecule has 0 radical (unpaired) electrons. The molecule has 56 heavy (non-hydrogen) atoms. The van der Waals surface area contributed by atoms with Crippen LogP contribution in [-0.4, -0.2) is 139 Å². The van der Waals surface area contributed by atoms with Gasteiger partial charge in [-0.15, -0.1) is 18.9 Å². The van der Waals surface area contributed by atoms with Gasteiger partial charge >= 0.3 is 0 Å². The van der Waals surface area contributed by atoms with Crippen LogP contribution in [0.1, 0.15) is 42.0 Å². The van der Waals surface area contributed by atoms with Crippen LogP contribution in [0.5, 0.6) is 0 Å². The van der Waals surface area contributed by atoms with Crippen LogP contribution in [0.4, 0.5) is 0 Å². The standard InChI is InChI=1S/C34H40N10O12/c45-27-9-1-5-23(41(27)53)31(49)35-13-17-39(18-14-36-32(50)24-6-2-10-28(46)42(24)54)21-22-40(19-15-37-33(51)25-7-3-11-29(47)43(25)55)20-16-38-34(52)26-8-4-12-30(48)44(26)56/h1-12,53-56H,13-22H2,(H,35,49)(H,36,50)(H,37,51)(H,38,52). The van der Waals surface area contributed by atoms with Gasteiger partial charge in [0.2, 0.25) is 0 Å². The Kier molecular flexibility index (Phi) is 14.7. The topological polar surface area (TPSA) is 292 Å². The number of hydrogen-bond donors (Lipinski definition) is 8. The summed E-state index contributed by atoms with van der Waals surface area (Å²) < 4.78 is 0.823. The van der Waals surface area contributed by atoms with Gasteiger partial charge in [0.05, 0.1) is 0 Å². The van der Waals surface area contributed by atoms with E-state index >= 15 is 0 Å². The molecule has 4 aromatic heterocycles. The molecule has 0 atom stereocenters. The molecule has 8 N–H and O–H groups in total. The number of nitrogens with one attached hydrogen (secondary N) is 4. The second-order valence-electron chi connectivity index (χ2n) is 12.0. The number of carbonyl (C=O) groups is 4. The summed E-state index contributed by atoms with van der Waals surface area (Å²) in [5, 5.41) is 50.2. The molecule has 0 saturated heterocycles. The lowest BCUT2D eigenvalue weighted by Crippen LogP contribution is -2.46. The number of rotatable bonds is 19. The largest absolute Gasteiger partial charge is 0.425 e. The van der Waals surface area contributed by atoms with Gasteiger partial charge in [-0.05, 0) is 24.3 Å². The van der Waals surface area contributed by atoms with Crippen molar-refractivity contribution in [3.8, 4) is 0 Å². The first-order valence-corrected chi connectivity index (χ1v) is 17.0. The SMILES string of the molecule is O=C(NCCN(CCNC(=O)c1cccc(=O)n1O)CCN(CCNC(=O)c1cccc(=O)n1O)CCNC(=O)c1cccc(=O)n1O)c1cccc(=O)n1O. The highest BCUT2D eigenvalue weighted by molar-refractivity contribution is 5.93. The predicted molar refractivity (Wildman–Crippen MR) is 194 cm³/mol. The maximum absolute atomic E-state index is 12.7. The summed E-state index contributed by atoms with van der Waals surface area (Å²) in [6.45, 7) is 1.24. The van der Waals surface area contributed by atoms with E-state index in [1.807, 2.05) is 9.80 Å². The van der Waals surface area contributed by atoms with Gasteiger partial charge in [-0.2, -0.15) is 0 Å². The Balaban J connectivity index is 1.44. The quantitative estimate of drug-likeness (QED) is 0.0438. The lowest BCUT2D eigenvalue weighted by atomic mass is 10.3. The zero-order valence-corrected chi connectivity index (χ0v) is 29.7. The Morgan fingerprint density at radius 2 is 0.607 bits per heavy atom. The van der Waals surface area contributed by atoms with Gasteiger partial charge in [0.15, 0.2) is 0 Å². The number of amides is 4. The highest BCUT2D eigenvalue weighted by Crippen LogP contribution is 2.00. The molecule has 0 bridgehead atoms. The number of hydrogen-bond acceptors (Lipinski definition) is 14. The van der Waals surface area contributed by atoms with E-state index in [9.17, 15) is 59.2 Å². The molecule has 0 fully saturated rings. The van der Waals surface area contributed by atoms with E-state index in [0.717, 1.165) is 24.3 Å². The molecule has 4 rings (SSSR count). The molecule has 0 saturated carbocycles.